The molecular formula is C18H30N6O8S. The summed E-state index contributed by atoms with van der Waals surface area (Å²) in [7, 11) is 0. The van der Waals surface area contributed by atoms with E-state index < -0.39 is 54.7 Å². The van der Waals surface area contributed by atoms with Crippen LogP contribution in [-0.2, 0) is 28.8 Å². The topological polar surface area (TPSA) is 229 Å². The van der Waals surface area contributed by atoms with Gasteiger partial charge >= 0.3 is 11.9 Å². The molecule has 0 aliphatic carbocycles. The average Bonchev–Trinajstić information content (AvgIpc) is 3.30. The van der Waals surface area contributed by atoms with Gasteiger partial charge in [0.15, 0.2) is 0 Å². The van der Waals surface area contributed by atoms with Gasteiger partial charge in [-0.2, -0.15) is 0 Å². The molecule has 0 radical (unpaired) electrons. The van der Waals surface area contributed by atoms with E-state index in [1.165, 1.54) is 0 Å². The summed E-state index contributed by atoms with van der Waals surface area (Å²) in [4.78, 5) is 69.9. The predicted octanol–water partition coefficient (Wildman–Crippen LogP) is -3.46. The van der Waals surface area contributed by atoms with Gasteiger partial charge in [-0.25, -0.2) is 4.79 Å². The molecule has 1 aliphatic heterocycles. The van der Waals surface area contributed by atoms with Gasteiger partial charge in [0, 0.05) is 18.2 Å². The SMILES string of the molecule is NCC(=O)NCC(=O)NC(CC(=O)O)C(=O)NC(CCCCNC(=O)C1CSCN1)C(=O)O. The first-order chi connectivity index (χ1) is 15.6. The zero-order valence-corrected chi connectivity index (χ0v) is 18.7. The number of rotatable bonds is 15. The molecule has 186 valence electrons. The maximum absolute atomic E-state index is 12.4. The zero-order valence-electron chi connectivity index (χ0n) is 17.9. The van der Waals surface area contributed by atoms with E-state index in [4.69, 9.17) is 10.8 Å². The summed E-state index contributed by atoms with van der Waals surface area (Å²) < 4.78 is 0. The number of carboxylic acids is 2. The molecule has 9 N–H and O–H groups in total. The Bertz CT molecular complexity index is 731. The fraction of sp³-hybridized carbons (Fsp3) is 0.667. The van der Waals surface area contributed by atoms with Gasteiger partial charge in [-0.1, -0.05) is 0 Å². The molecule has 14 nitrogen and oxygen atoms in total. The first-order valence-corrected chi connectivity index (χ1v) is 11.4. The Morgan fingerprint density at radius 1 is 1.00 bits per heavy atom. The number of carbonyl (C=O) groups is 6. The van der Waals surface area contributed by atoms with Crippen LogP contribution in [0.25, 0.3) is 0 Å². The molecule has 15 heteroatoms. The van der Waals surface area contributed by atoms with Crippen LogP contribution >= 0.6 is 11.8 Å². The molecule has 0 saturated carbocycles. The number of carboxylic acid groups (broad SMARTS) is 2. The second-order valence-electron chi connectivity index (χ2n) is 7.16. The third-order valence-electron chi connectivity index (χ3n) is 4.53. The van der Waals surface area contributed by atoms with Crippen LogP contribution in [0, 0.1) is 0 Å². The Balaban J connectivity index is 2.50. The van der Waals surface area contributed by atoms with Crippen molar-refractivity contribution in [2.24, 2.45) is 5.73 Å². The average molecular weight is 491 g/mol. The fourth-order valence-corrected chi connectivity index (χ4v) is 3.72. The number of carbonyl (C=O) groups excluding carboxylic acids is 4. The lowest BCUT2D eigenvalue weighted by Gasteiger charge is -2.20. The van der Waals surface area contributed by atoms with Crippen molar-refractivity contribution in [2.45, 2.75) is 43.8 Å². The first kappa shape index (κ1) is 28.1. The molecule has 1 rings (SSSR count). The normalized spacial score (nSPS) is 16.8. The van der Waals surface area contributed by atoms with E-state index in [2.05, 4.69) is 26.6 Å². The van der Waals surface area contributed by atoms with Gasteiger partial charge in [0.25, 0.3) is 0 Å². The van der Waals surface area contributed by atoms with Crippen molar-refractivity contribution in [3.8, 4) is 0 Å². The Labute approximate surface area is 194 Å². The van der Waals surface area contributed by atoms with E-state index in [-0.39, 0.29) is 24.9 Å². The molecule has 1 fully saturated rings. The number of hydrogen-bond donors (Lipinski definition) is 8. The highest BCUT2D eigenvalue weighted by Crippen LogP contribution is 2.09. The molecule has 0 spiro atoms. The molecule has 3 atom stereocenters. The maximum Gasteiger partial charge on any atom is 0.326 e. The third-order valence-corrected chi connectivity index (χ3v) is 5.47. The van der Waals surface area contributed by atoms with E-state index in [1.807, 2.05) is 0 Å². The standard InChI is InChI=1S/C18H30N6O8S/c19-6-13(25)21-7-14(26)23-11(5-15(27)28)17(30)24-10(18(31)32)3-1-2-4-20-16(29)12-8-33-9-22-12/h10-12,22H,1-9,19H2,(H,20,29)(H,21,25)(H,23,26)(H,24,30)(H,27,28)(H,31,32). The van der Waals surface area contributed by atoms with E-state index in [1.54, 1.807) is 11.8 Å². The molecule has 33 heavy (non-hydrogen) atoms. The monoisotopic (exact) mass is 490 g/mol. The second-order valence-corrected chi connectivity index (χ2v) is 8.19. The van der Waals surface area contributed by atoms with Gasteiger partial charge in [-0.05, 0) is 19.3 Å². The van der Waals surface area contributed by atoms with E-state index >= 15 is 0 Å². The van der Waals surface area contributed by atoms with Crippen LogP contribution in [0.5, 0.6) is 0 Å². The third kappa shape index (κ3) is 11.5. The molecule has 0 aromatic rings. The Hall–Kier alpha value is -2.91. The van der Waals surface area contributed by atoms with Crippen molar-refractivity contribution in [3.05, 3.63) is 0 Å². The highest BCUT2D eigenvalue weighted by molar-refractivity contribution is 7.99. The zero-order chi connectivity index (χ0) is 24.8. The second kappa shape index (κ2) is 15.0. The highest BCUT2D eigenvalue weighted by Gasteiger charge is 2.28. The largest absolute Gasteiger partial charge is 0.481 e. The number of amides is 4. The van der Waals surface area contributed by atoms with Crippen LogP contribution in [0.3, 0.4) is 0 Å². The summed E-state index contributed by atoms with van der Waals surface area (Å²) in [5.74, 6) is -3.88. The van der Waals surface area contributed by atoms with Crippen LogP contribution < -0.4 is 32.3 Å². The van der Waals surface area contributed by atoms with Crippen LogP contribution in [-0.4, -0.2) is 95.2 Å². The molecule has 1 heterocycles. The maximum atomic E-state index is 12.4. The van der Waals surface area contributed by atoms with Gasteiger partial charge in [0.05, 0.1) is 25.6 Å². The summed E-state index contributed by atoms with van der Waals surface area (Å²) in [6, 6.07) is -3.10. The smallest absolute Gasteiger partial charge is 0.326 e. The molecule has 4 amide bonds. The van der Waals surface area contributed by atoms with Crippen molar-refractivity contribution in [3.63, 3.8) is 0 Å². The van der Waals surface area contributed by atoms with Crippen LogP contribution in [0.4, 0.5) is 0 Å². The minimum atomic E-state index is -1.54. The Morgan fingerprint density at radius 2 is 1.73 bits per heavy atom. The van der Waals surface area contributed by atoms with Crippen molar-refractivity contribution in [2.75, 3.05) is 31.3 Å². The lowest BCUT2D eigenvalue weighted by molar-refractivity contribution is -0.143. The van der Waals surface area contributed by atoms with E-state index in [9.17, 15) is 33.9 Å². The molecule has 3 unspecified atom stereocenters. The number of thioether (sulfide) groups is 1. The van der Waals surface area contributed by atoms with Crippen molar-refractivity contribution in [1.82, 2.24) is 26.6 Å². The lowest BCUT2D eigenvalue weighted by Crippen LogP contribution is -2.53. The van der Waals surface area contributed by atoms with Crippen LogP contribution in [0.15, 0.2) is 0 Å². The fourth-order valence-electron chi connectivity index (χ4n) is 2.78. The summed E-state index contributed by atoms with van der Waals surface area (Å²) in [5, 5.41) is 30.7. The number of aliphatic carboxylic acids is 2. The quantitative estimate of drug-likeness (QED) is 0.105. The number of nitrogens with one attached hydrogen (secondary N) is 5. The summed E-state index contributed by atoms with van der Waals surface area (Å²) >= 11 is 1.62. The van der Waals surface area contributed by atoms with E-state index in [0.29, 0.717) is 31.0 Å². The summed E-state index contributed by atoms with van der Waals surface area (Å²) in [6.07, 6.45) is 0.0931. The van der Waals surface area contributed by atoms with Crippen molar-refractivity contribution < 1.29 is 39.0 Å². The minimum Gasteiger partial charge on any atom is -0.481 e. The van der Waals surface area contributed by atoms with E-state index in [0.717, 1.165) is 0 Å². The van der Waals surface area contributed by atoms with Gasteiger partial charge < -0.3 is 37.2 Å². The van der Waals surface area contributed by atoms with Gasteiger partial charge in [-0.3, -0.25) is 29.3 Å². The number of hydrogen-bond acceptors (Lipinski definition) is 9. The highest BCUT2D eigenvalue weighted by atomic mass is 32.2. The Morgan fingerprint density at radius 3 is 2.30 bits per heavy atom. The molecule has 0 aromatic carbocycles. The van der Waals surface area contributed by atoms with Gasteiger partial charge in [0.1, 0.15) is 12.1 Å². The Kier molecular flexibility index (Phi) is 12.8. The van der Waals surface area contributed by atoms with Gasteiger partial charge in [-0.15, -0.1) is 11.8 Å². The summed E-state index contributed by atoms with van der Waals surface area (Å²) in [6.45, 7) is -0.538. The lowest BCUT2D eigenvalue weighted by atomic mass is 10.1. The van der Waals surface area contributed by atoms with Crippen molar-refractivity contribution in [1.29, 1.82) is 0 Å². The van der Waals surface area contributed by atoms with Gasteiger partial charge in [0.2, 0.25) is 23.6 Å². The minimum absolute atomic E-state index is 0.0365. The molecule has 1 aliphatic rings. The number of unbranched alkanes of at least 4 members (excludes halogenated alkanes) is 1. The molecule has 1 saturated heterocycles. The van der Waals surface area contributed by atoms with Crippen LogP contribution in [0.2, 0.25) is 0 Å². The van der Waals surface area contributed by atoms with Crippen LogP contribution in [0.1, 0.15) is 25.7 Å². The number of nitrogens with two attached hydrogens (primary N) is 1. The summed E-state index contributed by atoms with van der Waals surface area (Å²) in [5.41, 5.74) is 5.09. The molecule has 0 bridgehead atoms. The molecule has 0 aromatic heterocycles. The predicted molar refractivity (Wildman–Crippen MR) is 117 cm³/mol. The first-order valence-electron chi connectivity index (χ1n) is 10.2. The molecular weight excluding hydrogens is 460 g/mol. The van der Waals surface area contributed by atoms with Crippen molar-refractivity contribution >= 4 is 47.3 Å².